The van der Waals surface area contributed by atoms with Crippen LogP contribution in [0.15, 0.2) is 24.3 Å². The van der Waals surface area contributed by atoms with Crippen LogP contribution in [-0.2, 0) is 6.54 Å². The van der Waals surface area contributed by atoms with Crippen molar-refractivity contribution in [1.82, 2.24) is 4.90 Å². The van der Waals surface area contributed by atoms with Gasteiger partial charge < -0.3 is 9.38 Å². The van der Waals surface area contributed by atoms with Gasteiger partial charge in [-0.15, -0.1) is 0 Å². The molecule has 0 saturated heterocycles. The molecule has 0 aliphatic carbocycles. The second-order valence-electron chi connectivity index (χ2n) is 9.06. The zero-order chi connectivity index (χ0) is 20.2. The van der Waals surface area contributed by atoms with Crippen LogP contribution in [0.5, 0.6) is 0 Å². The molecule has 2 aliphatic rings. The van der Waals surface area contributed by atoms with Crippen LogP contribution in [0, 0.1) is 0 Å². The largest absolute Gasteiger partial charge is 0.327 e. The van der Waals surface area contributed by atoms with Crippen LogP contribution >= 0.6 is 0 Å². The molecule has 148 valence electrons. The lowest BCUT2D eigenvalue weighted by molar-refractivity contribution is -0.904. The van der Waals surface area contributed by atoms with Gasteiger partial charge in [0.25, 0.3) is 11.8 Å². The lowest BCUT2D eigenvalue weighted by Crippen LogP contribution is -2.51. The molecule has 4 rings (SSSR count). The number of carbonyl (C=O) groups excluding carboxylic acids is 2. The fourth-order valence-electron chi connectivity index (χ4n) is 4.98. The third-order valence-electron chi connectivity index (χ3n) is 6.10. The third-order valence-corrected chi connectivity index (χ3v) is 6.10. The number of benzene rings is 2. The Balaban J connectivity index is 1.92. The third kappa shape index (κ3) is 2.80. The van der Waals surface area contributed by atoms with Gasteiger partial charge in [-0.2, -0.15) is 0 Å². The molecule has 2 aromatic rings. The monoisotopic (exact) mass is 380 g/mol. The molecule has 0 saturated carbocycles. The lowest BCUT2D eigenvalue weighted by atomic mass is 9.88. The predicted octanol–water partition coefficient (Wildman–Crippen LogP) is 4.00. The van der Waals surface area contributed by atoms with E-state index in [1.54, 1.807) is 0 Å². The molecule has 0 spiro atoms. The highest BCUT2D eigenvalue weighted by atomic mass is 16.2. The Morgan fingerprint density at radius 3 is 2.57 bits per heavy atom. The quantitative estimate of drug-likeness (QED) is 0.595. The molecule has 0 radical (unpaired) electrons. The lowest BCUT2D eigenvalue weighted by Gasteiger charge is -2.42. The SMILES string of the molecule is CCCCC(C)N1C(=O)c2cccc3c4c(cc(c23)C1=O)C[N+](C)(C)CN4C. The normalized spacial score (nSPS) is 19.2. The van der Waals surface area contributed by atoms with Gasteiger partial charge in [0.2, 0.25) is 0 Å². The number of fused-ring (bicyclic) bond motifs is 2. The minimum atomic E-state index is -0.152. The minimum absolute atomic E-state index is 0.0886. The number of anilines is 1. The van der Waals surface area contributed by atoms with Crippen LogP contribution in [0.1, 0.15) is 59.4 Å². The van der Waals surface area contributed by atoms with E-state index >= 15 is 0 Å². The summed E-state index contributed by atoms with van der Waals surface area (Å²) >= 11 is 0. The number of quaternary nitrogens is 1. The smallest absolute Gasteiger partial charge is 0.261 e. The molecule has 28 heavy (non-hydrogen) atoms. The van der Waals surface area contributed by atoms with Crippen molar-refractivity contribution < 1.29 is 14.1 Å². The van der Waals surface area contributed by atoms with Gasteiger partial charge in [0.05, 0.1) is 19.8 Å². The van der Waals surface area contributed by atoms with E-state index < -0.39 is 0 Å². The van der Waals surface area contributed by atoms with Gasteiger partial charge >= 0.3 is 0 Å². The van der Waals surface area contributed by atoms with Crippen LogP contribution in [0.4, 0.5) is 5.69 Å². The highest BCUT2D eigenvalue weighted by Crippen LogP contribution is 2.41. The molecule has 2 heterocycles. The Hall–Kier alpha value is -2.40. The van der Waals surface area contributed by atoms with Crippen molar-refractivity contribution in [1.29, 1.82) is 0 Å². The second-order valence-corrected chi connectivity index (χ2v) is 9.06. The van der Waals surface area contributed by atoms with Gasteiger partial charge in [-0.3, -0.25) is 14.5 Å². The maximum absolute atomic E-state index is 13.4. The average Bonchev–Trinajstić information content (AvgIpc) is 2.62. The number of unbranched alkanes of at least 4 members (excludes halogenated alkanes) is 1. The van der Waals surface area contributed by atoms with Crippen molar-refractivity contribution in [3.63, 3.8) is 0 Å². The van der Waals surface area contributed by atoms with Crippen LogP contribution in [0.2, 0.25) is 0 Å². The molecule has 1 atom stereocenters. The Kier molecular flexibility index (Phi) is 4.46. The number of amides is 2. The molecule has 1 unspecified atom stereocenters. The van der Waals surface area contributed by atoms with E-state index in [0.717, 1.165) is 53.4 Å². The number of hydrogen-bond donors (Lipinski definition) is 0. The number of hydrogen-bond acceptors (Lipinski definition) is 3. The summed E-state index contributed by atoms with van der Waals surface area (Å²) in [6, 6.07) is 7.83. The van der Waals surface area contributed by atoms with Gasteiger partial charge in [-0.25, -0.2) is 0 Å². The molecule has 0 N–H and O–H groups in total. The van der Waals surface area contributed by atoms with E-state index in [-0.39, 0.29) is 17.9 Å². The molecule has 0 bridgehead atoms. The summed E-state index contributed by atoms with van der Waals surface area (Å²) in [4.78, 5) is 30.4. The van der Waals surface area contributed by atoms with Crippen molar-refractivity contribution in [3.05, 3.63) is 41.0 Å². The summed E-state index contributed by atoms with van der Waals surface area (Å²) in [6.45, 7) is 5.89. The summed E-state index contributed by atoms with van der Waals surface area (Å²) in [5.74, 6) is -0.292. The highest BCUT2D eigenvalue weighted by molar-refractivity contribution is 6.27. The first-order valence-electron chi connectivity index (χ1n) is 10.2. The van der Waals surface area contributed by atoms with Crippen LogP contribution in [0.3, 0.4) is 0 Å². The Labute approximate surface area is 167 Å². The van der Waals surface area contributed by atoms with Crippen molar-refractivity contribution >= 4 is 28.3 Å². The first-order chi connectivity index (χ1) is 13.2. The molecule has 0 fully saturated rings. The zero-order valence-electron chi connectivity index (χ0n) is 17.6. The molecule has 2 aromatic carbocycles. The van der Waals surface area contributed by atoms with Gasteiger partial charge in [0, 0.05) is 40.6 Å². The van der Waals surface area contributed by atoms with E-state index in [2.05, 4.69) is 39.0 Å². The summed E-state index contributed by atoms with van der Waals surface area (Å²) in [6.07, 6.45) is 2.91. The van der Waals surface area contributed by atoms with E-state index in [1.165, 1.54) is 10.5 Å². The molecule has 2 aliphatic heterocycles. The first-order valence-corrected chi connectivity index (χ1v) is 10.2. The molecule has 5 nitrogen and oxygen atoms in total. The summed E-state index contributed by atoms with van der Waals surface area (Å²) in [7, 11) is 6.50. The standard InChI is InChI=1S/C23H30N3O2/c1-6-7-9-15(2)25-22(27)18-11-8-10-17-20(18)19(23(25)28)12-16-13-26(4,5)14-24(3)21(16)17/h8,10-12,15H,6-7,9,13-14H2,1-5H3/q+1. The second kappa shape index (κ2) is 6.59. The fraction of sp³-hybridized carbons (Fsp3) is 0.478. The van der Waals surface area contributed by atoms with Gasteiger partial charge in [0.1, 0.15) is 6.54 Å². The summed E-state index contributed by atoms with van der Waals surface area (Å²) < 4.78 is 0.845. The van der Waals surface area contributed by atoms with Crippen molar-refractivity contribution in [2.24, 2.45) is 0 Å². The number of nitrogens with zero attached hydrogens (tertiary/aromatic N) is 3. The highest BCUT2D eigenvalue weighted by Gasteiger charge is 2.39. The van der Waals surface area contributed by atoms with E-state index in [9.17, 15) is 9.59 Å². The molecular formula is C23H30N3O2+. The van der Waals surface area contributed by atoms with E-state index in [0.29, 0.717) is 11.1 Å². The Morgan fingerprint density at radius 1 is 1.14 bits per heavy atom. The maximum Gasteiger partial charge on any atom is 0.261 e. The van der Waals surface area contributed by atoms with Crippen LogP contribution < -0.4 is 4.90 Å². The first kappa shape index (κ1) is 18.9. The summed E-state index contributed by atoms with van der Waals surface area (Å²) in [5, 5.41) is 1.85. The van der Waals surface area contributed by atoms with Crippen molar-refractivity contribution in [3.8, 4) is 0 Å². The average molecular weight is 381 g/mol. The van der Waals surface area contributed by atoms with Crippen molar-refractivity contribution in [2.75, 3.05) is 32.7 Å². The topological polar surface area (TPSA) is 40.6 Å². The van der Waals surface area contributed by atoms with Crippen molar-refractivity contribution in [2.45, 2.75) is 45.7 Å². The number of carbonyl (C=O) groups is 2. The number of rotatable bonds is 4. The van der Waals surface area contributed by atoms with Crippen LogP contribution in [-0.4, -0.2) is 55.1 Å². The van der Waals surface area contributed by atoms with Gasteiger partial charge in [0.15, 0.2) is 6.67 Å². The van der Waals surface area contributed by atoms with Gasteiger partial charge in [-0.05, 0) is 25.5 Å². The minimum Gasteiger partial charge on any atom is -0.327 e. The Bertz CT molecular complexity index is 979. The molecular weight excluding hydrogens is 350 g/mol. The fourth-order valence-corrected chi connectivity index (χ4v) is 4.98. The van der Waals surface area contributed by atoms with Crippen LogP contribution in [0.25, 0.3) is 10.8 Å². The Morgan fingerprint density at radius 2 is 1.86 bits per heavy atom. The van der Waals surface area contributed by atoms with Gasteiger partial charge in [-0.1, -0.05) is 31.9 Å². The summed E-state index contributed by atoms with van der Waals surface area (Å²) in [5.41, 5.74) is 3.68. The predicted molar refractivity (Wildman–Crippen MR) is 113 cm³/mol. The zero-order valence-corrected chi connectivity index (χ0v) is 17.6. The molecule has 2 amide bonds. The molecule has 0 aromatic heterocycles. The van der Waals surface area contributed by atoms with E-state index in [1.807, 2.05) is 25.1 Å². The number of imide groups is 1. The maximum atomic E-state index is 13.4. The van der Waals surface area contributed by atoms with E-state index in [4.69, 9.17) is 0 Å². The molecule has 5 heteroatoms.